The Balaban J connectivity index is 2.53. The van der Waals surface area contributed by atoms with E-state index >= 15 is 0 Å². The second kappa shape index (κ2) is 3.73. The Morgan fingerprint density at radius 2 is 1.67 bits per heavy atom. The van der Waals surface area contributed by atoms with Crippen molar-refractivity contribution >= 4 is 6.09 Å². The first-order chi connectivity index (χ1) is 5.69. The van der Waals surface area contributed by atoms with Gasteiger partial charge in [-0.1, -0.05) is 0 Å². The average molecular weight is 175 g/mol. The predicted octanol–water partition coefficient (Wildman–Crippen LogP) is -0.803. The van der Waals surface area contributed by atoms with Gasteiger partial charge in [0.25, 0.3) is 0 Å². The normalized spacial score (nSPS) is 29.3. The molecule has 1 aliphatic heterocycles. The summed E-state index contributed by atoms with van der Waals surface area (Å²) in [6, 6.07) is 0. The highest BCUT2D eigenvalue weighted by Gasteiger charge is 2.33. The second-order valence-electron chi connectivity index (χ2n) is 3.07. The van der Waals surface area contributed by atoms with E-state index in [0.717, 1.165) is 0 Å². The second-order valence-corrected chi connectivity index (χ2v) is 3.07. The van der Waals surface area contributed by atoms with Crippen molar-refractivity contribution in [2.75, 3.05) is 26.3 Å². The number of hydrogen-bond donors (Lipinski definition) is 3. The van der Waals surface area contributed by atoms with Crippen LogP contribution in [-0.4, -0.2) is 52.6 Å². The smallest absolute Gasteiger partial charge is 0.407 e. The maximum atomic E-state index is 10.5. The zero-order chi connectivity index (χ0) is 9.14. The van der Waals surface area contributed by atoms with Gasteiger partial charge in [0.1, 0.15) is 0 Å². The predicted molar refractivity (Wildman–Crippen MR) is 40.7 cm³/mol. The molecule has 1 heterocycles. The highest BCUT2D eigenvalue weighted by molar-refractivity contribution is 5.65. The molecule has 1 aliphatic rings. The van der Waals surface area contributed by atoms with Crippen LogP contribution in [0.1, 0.15) is 0 Å². The first-order valence-corrected chi connectivity index (χ1v) is 3.88. The molecule has 0 aliphatic carbocycles. The summed E-state index contributed by atoms with van der Waals surface area (Å²) in [5.41, 5.74) is 0. The summed E-state index contributed by atoms with van der Waals surface area (Å²) >= 11 is 0. The van der Waals surface area contributed by atoms with E-state index in [4.69, 9.17) is 15.3 Å². The summed E-state index contributed by atoms with van der Waals surface area (Å²) < 4.78 is 0. The maximum Gasteiger partial charge on any atom is 0.407 e. The SMILES string of the molecule is O=C(O)N1C[C@@H](CO)[C@@H](CO)C1. The number of hydrogen-bond acceptors (Lipinski definition) is 3. The van der Waals surface area contributed by atoms with Crippen LogP contribution in [0.3, 0.4) is 0 Å². The number of likely N-dealkylation sites (tertiary alicyclic amines) is 1. The van der Waals surface area contributed by atoms with Gasteiger partial charge in [-0.2, -0.15) is 0 Å². The highest BCUT2D eigenvalue weighted by Crippen LogP contribution is 2.22. The van der Waals surface area contributed by atoms with Gasteiger partial charge in [-0.05, 0) is 0 Å². The minimum atomic E-state index is -0.982. The van der Waals surface area contributed by atoms with E-state index in [1.54, 1.807) is 0 Å². The standard InChI is InChI=1S/C7H13NO4/c9-3-5-1-8(7(11)12)2-6(5)4-10/h5-6,9-10H,1-4H2,(H,11,12)/t5-,6+. The summed E-state index contributed by atoms with van der Waals surface area (Å²) in [6.45, 7) is 0.540. The summed E-state index contributed by atoms with van der Waals surface area (Å²) in [4.78, 5) is 11.7. The molecule has 0 saturated carbocycles. The van der Waals surface area contributed by atoms with Gasteiger partial charge in [0, 0.05) is 38.1 Å². The molecule has 0 aromatic heterocycles. The minimum absolute atomic E-state index is 0.0605. The number of aliphatic hydroxyl groups is 2. The summed E-state index contributed by atoms with van der Waals surface area (Å²) in [6.07, 6.45) is -0.982. The van der Waals surface area contributed by atoms with Crippen molar-refractivity contribution in [1.82, 2.24) is 4.90 Å². The van der Waals surface area contributed by atoms with Crippen LogP contribution in [0.4, 0.5) is 4.79 Å². The van der Waals surface area contributed by atoms with Crippen molar-refractivity contribution in [3.05, 3.63) is 0 Å². The van der Waals surface area contributed by atoms with E-state index < -0.39 is 6.09 Å². The third kappa shape index (κ3) is 1.67. The van der Waals surface area contributed by atoms with E-state index in [2.05, 4.69) is 0 Å². The van der Waals surface area contributed by atoms with Crippen molar-refractivity contribution in [3.63, 3.8) is 0 Å². The third-order valence-electron chi connectivity index (χ3n) is 2.32. The molecule has 1 saturated heterocycles. The Kier molecular flexibility index (Phi) is 2.88. The molecule has 3 N–H and O–H groups in total. The third-order valence-corrected chi connectivity index (χ3v) is 2.32. The lowest BCUT2D eigenvalue weighted by molar-refractivity contribution is 0.150. The average Bonchev–Trinajstić information content (AvgIpc) is 2.46. The van der Waals surface area contributed by atoms with Gasteiger partial charge in [0.05, 0.1) is 0 Å². The molecule has 1 amide bonds. The monoisotopic (exact) mass is 175 g/mol. The first-order valence-electron chi connectivity index (χ1n) is 3.88. The van der Waals surface area contributed by atoms with Crippen molar-refractivity contribution < 1.29 is 20.1 Å². The fourth-order valence-electron chi connectivity index (χ4n) is 1.51. The van der Waals surface area contributed by atoms with Gasteiger partial charge < -0.3 is 20.2 Å². The lowest BCUT2D eigenvalue weighted by atomic mass is 9.98. The van der Waals surface area contributed by atoms with Crippen molar-refractivity contribution in [3.8, 4) is 0 Å². The molecular weight excluding hydrogens is 162 g/mol. The number of carbonyl (C=O) groups is 1. The Labute approximate surface area is 70.2 Å². The zero-order valence-electron chi connectivity index (χ0n) is 6.68. The van der Waals surface area contributed by atoms with Gasteiger partial charge >= 0.3 is 6.09 Å². The van der Waals surface area contributed by atoms with E-state index in [-0.39, 0.29) is 25.0 Å². The molecule has 1 fully saturated rings. The Morgan fingerprint density at radius 1 is 1.25 bits per heavy atom. The van der Waals surface area contributed by atoms with Crippen LogP contribution in [-0.2, 0) is 0 Å². The molecule has 0 aromatic carbocycles. The van der Waals surface area contributed by atoms with Crippen LogP contribution < -0.4 is 0 Å². The summed E-state index contributed by atoms with van der Waals surface area (Å²) in [5, 5.41) is 26.3. The molecule has 0 spiro atoms. The molecule has 0 radical (unpaired) electrons. The van der Waals surface area contributed by atoms with Crippen molar-refractivity contribution in [2.45, 2.75) is 0 Å². The topological polar surface area (TPSA) is 81.0 Å². The number of rotatable bonds is 2. The van der Waals surface area contributed by atoms with Crippen molar-refractivity contribution in [2.24, 2.45) is 11.8 Å². The molecule has 0 unspecified atom stereocenters. The largest absolute Gasteiger partial charge is 0.465 e. The number of carboxylic acid groups (broad SMARTS) is 1. The van der Waals surface area contributed by atoms with Gasteiger partial charge in [0.2, 0.25) is 0 Å². The Morgan fingerprint density at radius 3 is 1.92 bits per heavy atom. The molecule has 0 bridgehead atoms. The van der Waals surface area contributed by atoms with Crippen LogP contribution in [0.25, 0.3) is 0 Å². The van der Waals surface area contributed by atoms with E-state index in [9.17, 15) is 4.79 Å². The van der Waals surface area contributed by atoms with Gasteiger partial charge in [-0.25, -0.2) is 4.79 Å². The van der Waals surface area contributed by atoms with E-state index in [1.165, 1.54) is 4.90 Å². The molecule has 2 atom stereocenters. The van der Waals surface area contributed by atoms with Crippen LogP contribution >= 0.6 is 0 Å². The summed E-state index contributed by atoms with van der Waals surface area (Å²) in [7, 11) is 0. The van der Waals surface area contributed by atoms with Gasteiger partial charge in [-0.15, -0.1) is 0 Å². The maximum absolute atomic E-state index is 10.5. The number of nitrogens with zero attached hydrogens (tertiary/aromatic N) is 1. The summed E-state index contributed by atoms with van der Waals surface area (Å²) in [5.74, 6) is -0.211. The molecule has 70 valence electrons. The van der Waals surface area contributed by atoms with Crippen LogP contribution in [0, 0.1) is 11.8 Å². The van der Waals surface area contributed by atoms with Crippen LogP contribution in [0.15, 0.2) is 0 Å². The molecule has 0 aromatic rings. The van der Waals surface area contributed by atoms with E-state index in [1.807, 2.05) is 0 Å². The van der Waals surface area contributed by atoms with Crippen LogP contribution in [0.2, 0.25) is 0 Å². The van der Waals surface area contributed by atoms with E-state index in [0.29, 0.717) is 13.1 Å². The van der Waals surface area contributed by atoms with Crippen molar-refractivity contribution in [1.29, 1.82) is 0 Å². The fraction of sp³-hybridized carbons (Fsp3) is 0.857. The van der Waals surface area contributed by atoms with Crippen LogP contribution in [0.5, 0.6) is 0 Å². The molecule has 5 nitrogen and oxygen atoms in total. The Hall–Kier alpha value is -0.810. The minimum Gasteiger partial charge on any atom is -0.465 e. The van der Waals surface area contributed by atoms with Gasteiger partial charge in [-0.3, -0.25) is 0 Å². The Bertz CT molecular complexity index is 161. The number of aliphatic hydroxyl groups excluding tert-OH is 2. The number of amides is 1. The lowest BCUT2D eigenvalue weighted by Gasteiger charge is -2.10. The quantitative estimate of drug-likeness (QED) is 0.513. The molecule has 1 rings (SSSR count). The first kappa shape index (κ1) is 9.28. The highest BCUT2D eigenvalue weighted by atomic mass is 16.4. The van der Waals surface area contributed by atoms with Gasteiger partial charge in [0.15, 0.2) is 0 Å². The lowest BCUT2D eigenvalue weighted by Crippen LogP contribution is -2.27. The molecular formula is C7H13NO4. The zero-order valence-corrected chi connectivity index (χ0v) is 6.68. The molecule has 12 heavy (non-hydrogen) atoms. The fourth-order valence-corrected chi connectivity index (χ4v) is 1.51. The molecule has 5 heteroatoms.